The zero-order valence-electron chi connectivity index (χ0n) is 19.4. The Kier molecular flexibility index (Phi) is 8.19. The average molecular weight is 479 g/mol. The summed E-state index contributed by atoms with van der Waals surface area (Å²) in [7, 11) is 0. The van der Waals surface area contributed by atoms with Gasteiger partial charge in [0.2, 0.25) is 0 Å². The van der Waals surface area contributed by atoms with Crippen molar-refractivity contribution >= 4 is 17.7 Å². The van der Waals surface area contributed by atoms with E-state index in [0.29, 0.717) is 25.0 Å². The molecular formula is C27H30N2O4S. The molecule has 0 unspecified atom stereocenters. The maximum absolute atomic E-state index is 13.1. The first-order valence-electron chi connectivity index (χ1n) is 11.6. The lowest BCUT2D eigenvalue weighted by Gasteiger charge is -2.28. The molecule has 0 aliphatic heterocycles. The topological polar surface area (TPSA) is 81.4 Å². The van der Waals surface area contributed by atoms with Gasteiger partial charge in [0.25, 0.3) is 5.56 Å². The molecule has 1 aliphatic carbocycles. The van der Waals surface area contributed by atoms with Crippen LogP contribution in [0.25, 0.3) is 22.4 Å². The molecule has 178 valence electrons. The summed E-state index contributed by atoms with van der Waals surface area (Å²) in [6, 6.07) is 19.9. The smallest absolute Gasteiger partial charge is 0.329 e. The summed E-state index contributed by atoms with van der Waals surface area (Å²) in [4.78, 5) is 24.9. The molecule has 3 aromatic rings. The van der Waals surface area contributed by atoms with Gasteiger partial charge in [-0.2, -0.15) is 5.10 Å². The summed E-state index contributed by atoms with van der Waals surface area (Å²) in [5, 5.41) is 13.6. The molecule has 2 aromatic carbocycles. The highest BCUT2D eigenvalue weighted by Gasteiger charge is 2.23. The first-order valence-corrected chi connectivity index (χ1v) is 12.9. The summed E-state index contributed by atoms with van der Waals surface area (Å²) < 4.78 is 6.90. The van der Waals surface area contributed by atoms with Crippen molar-refractivity contribution in [2.45, 2.75) is 37.1 Å². The van der Waals surface area contributed by atoms with E-state index in [9.17, 15) is 9.59 Å². The van der Waals surface area contributed by atoms with E-state index < -0.39 is 5.97 Å². The third-order valence-corrected chi connectivity index (χ3v) is 7.17. The van der Waals surface area contributed by atoms with Crippen LogP contribution in [0.3, 0.4) is 0 Å². The Balaban J connectivity index is 1.54. The Labute approximate surface area is 204 Å². The monoisotopic (exact) mass is 478 g/mol. The normalized spacial score (nSPS) is 18.0. The second-order valence-corrected chi connectivity index (χ2v) is 9.70. The fraction of sp³-hybridized carbons (Fsp3) is 0.370. The van der Waals surface area contributed by atoms with Crippen LogP contribution in [0.1, 0.15) is 25.7 Å². The van der Waals surface area contributed by atoms with Crippen molar-refractivity contribution in [2.24, 2.45) is 11.8 Å². The minimum atomic E-state index is -0.933. The van der Waals surface area contributed by atoms with Crippen LogP contribution in [0.15, 0.2) is 70.4 Å². The first kappa shape index (κ1) is 24.2. The number of hydrogen-bond donors (Lipinski definition) is 1. The van der Waals surface area contributed by atoms with Crippen molar-refractivity contribution in [1.29, 1.82) is 0 Å². The number of carboxylic acids is 1. The lowest BCUT2D eigenvalue weighted by Crippen LogP contribution is -2.29. The van der Waals surface area contributed by atoms with Gasteiger partial charge < -0.3 is 9.84 Å². The van der Waals surface area contributed by atoms with Gasteiger partial charge in [0.15, 0.2) is 0 Å². The number of benzene rings is 2. The number of rotatable bonds is 9. The van der Waals surface area contributed by atoms with Crippen molar-refractivity contribution in [1.82, 2.24) is 9.78 Å². The molecule has 1 fully saturated rings. The van der Waals surface area contributed by atoms with Crippen LogP contribution in [0, 0.1) is 11.8 Å². The largest absolute Gasteiger partial charge is 0.480 e. The summed E-state index contributed by atoms with van der Waals surface area (Å²) >= 11 is 1.69. The second-order valence-electron chi connectivity index (χ2n) is 8.82. The van der Waals surface area contributed by atoms with Crippen molar-refractivity contribution in [3.63, 3.8) is 0 Å². The van der Waals surface area contributed by atoms with Crippen LogP contribution >= 0.6 is 11.8 Å². The van der Waals surface area contributed by atoms with Crippen molar-refractivity contribution in [3.05, 3.63) is 71.0 Å². The van der Waals surface area contributed by atoms with Crippen LogP contribution < -0.4 is 5.56 Å². The van der Waals surface area contributed by atoms with E-state index in [1.54, 1.807) is 22.5 Å². The number of thioether (sulfide) groups is 1. The standard InChI is InChI=1S/C27H30N2O4S/c1-34-23-13-11-22(12-14-23)27-24(21-5-3-2-4-6-21)15-25(30)29(28-27)16-19-7-9-20(10-8-19)17-33-18-26(31)32/h2-6,11-15,19-20H,7-10,16-18H2,1H3,(H,31,32). The number of ether oxygens (including phenoxy) is 1. The quantitative estimate of drug-likeness (QED) is 0.426. The molecule has 0 bridgehead atoms. The summed E-state index contributed by atoms with van der Waals surface area (Å²) in [6.07, 6.45) is 5.96. The molecule has 0 radical (unpaired) electrons. The van der Waals surface area contributed by atoms with Crippen molar-refractivity contribution in [2.75, 3.05) is 19.5 Å². The Morgan fingerprint density at radius 1 is 1.03 bits per heavy atom. The molecule has 6 nitrogen and oxygen atoms in total. The van der Waals surface area contributed by atoms with Gasteiger partial charge >= 0.3 is 5.97 Å². The van der Waals surface area contributed by atoms with Crippen LogP contribution in [0.2, 0.25) is 0 Å². The van der Waals surface area contributed by atoms with Crippen LogP contribution in [-0.4, -0.2) is 40.3 Å². The number of hydrogen-bond acceptors (Lipinski definition) is 5. The molecule has 1 N–H and O–H groups in total. The number of nitrogens with zero attached hydrogens (tertiary/aromatic N) is 2. The van der Waals surface area contributed by atoms with Crippen LogP contribution in [0.4, 0.5) is 0 Å². The Morgan fingerprint density at radius 2 is 1.71 bits per heavy atom. The summed E-state index contributed by atoms with van der Waals surface area (Å²) in [6.45, 7) is 0.833. The predicted octanol–water partition coefficient (Wildman–Crippen LogP) is 5.21. The van der Waals surface area contributed by atoms with Gasteiger partial charge in [0.1, 0.15) is 6.61 Å². The fourth-order valence-electron chi connectivity index (χ4n) is 4.56. The molecule has 0 amide bonds. The van der Waals surface area contributed by atoms with Gasteiger partial charge in [0.05, 0.1) is 12.3 Å². The van der Waals surface area contributed by atoms with E-state index in [1.165, 1.54) is 4.90 Å². The summed E-state index contributed by atoms with van der Waals surface area (Å²) in [5.74, 6) is -0.182. The Morgan fingerprint density at radius 3 is 2.35 bits per heavy atom. The molecule has 0 spiro atoms. The van der Waals surface area contributed by atoms with E-state index in [1.807, 2.05) is 30.3 Å². The molecular weight excluding hydrogens is 448 g/mol. The number of aliphatic carboxylic acids is 1. The minimum absolute atomic E-state index is 0.0877. The molecule has 1 aliphatic rings. The maximum Gasteiger partial charge on any atom is 0.329 e. The predicted molar refractivity (Wildman–Crippen MR) is 135 cm³/mol. The Hall–Kier alpha value is -2.90. The molecule has 0 atom stereocenters. The van der Waals surface area contributed by atoms with Crippen molar-refractivity contribution in [3.8, 4) is 22.4 Å². The maximum atomic E-state index is 13.1. The second kappa shape index (κ2) is 11.5. The van der Waals surface area contributed by atoms with Gasteiger partial charge in [-0.15, -0.1) is 11.8 Å². The van der Waals surface area contributed by atoms with E-state index in [-0.39, 0.29) is 12.2 Å². The van der Waals surface area contributed by atoms with Crippen molar-refractivity contribution < 1.29 is 14.6 Å². The average Bonchev–Trinajstić information content (AvgIpc) is 2.86. The number of carboxylic acid groups (broad SMARTS) is 1. The number of aromatic nitrogens is 2. The molecule has 34 heavy (non-hydrogen) atoms. The van der Waals surface area contributed by atoms with Gasteiger partial charge in [-0.1, -0.05) is 42.5 Å². The zero-order chi connectivity index (χ0) is 23.9. The van der Waals surface area contributed by atoms with Crippen LogP contribution in [-0.2, 0) is 16.1 Å². The summed E-state index contributed by atoms with van der Waals surface area (Å²) in [5.41, 5.74) is 3.54. The molecule has 0 saturated heterocycles. The van der Waals surface area contributed by atoms with E-state index in [4.69, 9.17) is 14.9 Å². The Bertz CT molecular complexity index is 1150. The third-order valence-electron chi connectivity index (χ3n) is 6.42. The fourth-order valence-corrected chi connectivity index (χ4v) is 4.97. The highest BCUT2D eigenvalue weighted by Crippen LogP contribution is 2.32. The van der Waals surface area contributed by atoms with Gasteiger partial charge in [-0.05, 0) is 61.5 Å². The zero-order valence-corrected chi connectivity index (χ0v) is 20.2. The highest BCUT2D eigenvalue weighted by molar-refractivity contribution is 7.98. The third kappa shape index (κ3) is 6.15. The number of carbonyl (C=O) groups is 1. The lowest BCUT2D eigenvalue weighted by molar-refractivity contribution is -0.142. The van der Waals surface area contributed by atoms with Crippen LogP contribution in [0.5, 0.6) is 0 Å². The van der Waals surface area contributed by atoms with E-state index in [2.05, 4.69) is 30.5 Å². The van der Waals surface area contributed by atoms with E-state index in [0.717, 1.165) is 48.1 Å². The SMILES string of the molecule is CSc1ccc(-c2nn(CC3CCC(COCC(=O)O)CC3)c(=O)cc2-c2ccccc2)cc1. The first-order chi connectivity index (χ1) is 16.5. The van der Waals surface area contributed by atoms with E-state index >= 15 is 0 Å². The van der Waals surface area contributed by atoms with Gasteiger partial charge in [-0.25, -0.2) is 9.48 Å². The molecule has 1 heterocycles. The lowest BCUT2D eigenvalue weighted by atomic mass is 9.82. The molecule has 7 heteroatoms. The highest BCUT2D eigenvalue weighted by atomic mass is 32.2. The van der Waals surface area contributed by atoms with Gasteiger partial charge in [-0.3, -0.25) is 4.79 Å². The molecule has 1 saturated carbocycles. The minimum Gasteiger partial charge on any atom is -0.480 e. The molecule has 4 rings (SSSR count). The van der Waals surface area contributed by atoms with Gasteiger partial charge in [0, 0.05) is 28.6 Å². The molecule has 1 aromatic heterocycles.